The smallest absolute Gasteiger partial charge is 0.276 e. The van der Waals surface area contributed by atoms with Crippen LogP contribution in [0.2, 0.25) is 5.15 Å². The predicted octanol–water partition coefficient (Wildman–Crippen LogP) is 1.69. The summed E-state index contributed by atoms with van der Waals surface area (Å²) in [5, 5.41) is 0.462. The van der Waals surface area contributed by atoms with Gasteiger partial charge in [-0.05, 0) is 18.4 Å². The summed E-state index contributed by atoms with van der Waals surface area (Å²) in [4.78, 5) is 31.4. The van der Waals surface area contributed by atoms with Gasteiger partial charge < -0.3 is 4.74 Å². The maximum Gasteiger partial charge on any atom is 0.276 e. The molecule has 9 heteroatoms. The summed E-state index contributed by atoms with van der Waals surface area (Å²) in [6.45, 7) is -0.236. The molecule has 0 saturated carbocycles. The highest BCUT2D eigenvalue weighted by atomic mass is 35.5. The molecule has 120 valence electrons. The molecule has 7 nitrogen and oxygen atoms in total. The Bertz CT molecular complexity index is 700. The van der Waals surface area contributed by atoms with Gasteiger partial charge in [-0.25, -0.2) is 9.97 Å². The van der Waals surface area contributed by atoms with E-state index in [0.717, 1.165) is 0 Å². The molecule has 0 bridgehead atoms. The van der Waals surface area contributed by atoms with Crippen molar-refractivity contribution >= 4 is 35.2 Å². The molecule has 0 aliphatic rings. The average Bonchev–Trinajstić information content (AvgIpc) is 2.58. The van der Waals surface area contributed by atoms with Gasteiger partial charge in [0.25, 0.3) is 11.8 Å². The van der Waals surface area contributed by atoms with E-state index in [1.54, 1.807) is 30.5 Å². The lowest BCUT2D eigenvalue weighted by Gasteiger charge is -2.09. The first-order chi connectivity index (χ1) is 11.1. The van der Waals surface area contributed by atoms with Gasteiger partial charge in [-0.15, -0.1) is 0 Å². The number of nitrogens with zero attached hydrogens (tertiary/aromatic N) is 2. The standard InChI is InChI=1S/C14H13ClN4O3S/c1-23-14-16-7-10(12(15)17-14)13(21)19-18-11(20)8-22-9-5-3-2-4-6-9/h2-7H,8H2,1H3,(H,18,20)(H,19,21). The van der Waals surface area contributed by atoms with E-state index < -0.39 is 11.8 Å². The van der Waals surface area contributed by atoms with Crippen LogP contribution >= 0.6 is 23.4 Å². The molecule has 1 aromatic heterocycles. The molecule has 1 heterocycles. The molecule has 0 aliphatic heterocycles. The molecule has 0 radical (unpaired) electrons. The fourth-order valence-electron chi connectivity index (χ4n) is 1.49. The highest BCUT2D eigenvalue weighted by molar-refractivity contribution is 7.98. The highest BCUT2D eigenvalue weighted by Gasteiger charge is 2.14. The summed E-state index contributed by atoms with van der Waals surface area (Å²) in [5.41, 5.74) is 4.51. The van der Waals surface area contributed by atoms with Gasteiger partial charge in [0.05, 0.1) is 5.56 Å². The molecule has 23 heavy (non-hydrogen) atoms. The highest BCUT2D eigenvalue weighted by Crippen LogP contribution is 2.16. The van der Waals surface area contributed by atoms with Crippen molar-refractivity contribution in [1.29, 1.82) is 0 Å². The maximum atomic E-state index is 11.9. The topological polar surface area (TPSA) is 93.2 Å². The van der Waals surface area contributed by atoms with Crippen LogP contribution in [0.4, 0.5) is 0 Å². The lowest BCUT2D eigenvalue weighted by atomic mass is 10.3. The molecule has 0 aliphatic carbocycles. The third kappa shape index (κ3) is 5.11. The van der Waals surface area contributed by atoms with Crippen molar-refractivity contribution in [3.8, 4) is 5.75 Å². The van der Waals surface area contributed by atoms with Crippen molar-refractivity contribution in [2.45, 2.75) is 5.16 Å². The monoisotopic (exact) mass is 352 g/mol. The van der Waals surface area contributed by atoms with Crippen LogP contribution in [0.15, 0.2) is 41.7 Å². The molecule has 2 N–H and O–H groups in total. The maximum absolute atomic E-state index is 11.9. The van der Waals surface area contributed by atoms with Crippen LogP contribution < -0.4 is 15.6 Å². The number of amides is 2. The van der Waals surface area contributed by atoms with E-state index in [1.807, 2.05) is 6.07 Å². The molecule has 0 atom stereocenters. The summed E-state index contributed by atoms with van der Waals surface area (Å²) < 4.78 is 5.24. The second-order valence-electron chi connectivity index (χ2n) is 4.17. The van der Waals surface area contributed by atoms with Gasteiger partial charge in [-0.2, -0.15) is 0 Å². The third-order valence-electron chi connectivity index (χ3n) is 2.58. The normalized spacial score (nSPS) is 10.0. The number of aromatic nitrogens is 2. The van der Waals surface area contributed by atoms with Gasteiger partial charge in [-0.1, -0.05) is 41.6 Å². The molecule has 0 spiro atoms. The van der Waals surface area contributed by atoms with Crippen LogP contribution in [0.25, 0.3) is 0 Å². The van der Waals surface area contributed by atoms with Crippen LogP contribution in [0, 0.1) is 0 Å². The van der Waals surface area contributed by atoms with Crippen LogP contribution in [0.3, 0.4) is 0 Å². The number of hydrogen-bond donors (Lipinski definition) is 2. The molecule has 0 unspecified atom stereocenters. The minimum Gasteiger partial charge on any atom is -0.484 e. The zero-order chi connectivity index (χ0) is 16.7. The Labute approximate surface area is 141 Å². The van der Waals surface area contributed by atoms with Crippen molar-refractivity contribution in [2.24, 2.45) is 0 Å². The first-order valence-corrected chi connectivity index (χ1v) is 8.04. The summed E-state index contributed by atoms with van der Waals surface area (Å²) in [7, 11) is 0. The molecule has 2 amide bonds. The van der Waals surface area contributed by atoms with E-state index in [0.29, 0.717) is 10.9 Å². The van der Waals surface area contributed by atoms with Crippen molar-refractivity contribution in [3.63, 3.8) is 0 Å². The van der Waals surface area contributed by atoms with Gasteiger partial charge >= 0.3 is 0 Å². The van der Waals surface area contributed by atoms with E-state index in [4.69, 9.17) is 16.3 Å². The van der Waals surface area contributed by atoms with Gasteiger partial charge in [-0.3, -0.25) is 20.4 Å². The molecule has 0 saturated heterocycles. The first kappa shape index (κ1) is 17.0. The van der Waals surface area contributed by atoms with Crippen molar-refractivity contribution in [3.05, 3.63) is 47.2 Å². The van der Waals surface area contributed by atoms with E-state index in [1.165, 1.54) is 18.0 Å². The van der Waals surface area contributed by atoms with E-state index in [-0.39, 0.29) is 17.3 Å². The molecule has 0 fully saturated rings. The van der Waals surface area contributed by atoms with Crippen LogP contribution in [0.1, 0.15) is 10.4 Å². The Morgan fingerprint density at radius 3 is 2.65 bits per heavy atom. The number of hydrogen-bond acceptors (Lipinski definition) is 6. The Morgan fingerprint density at radius 2 is 2.00 bits per heavy atom. The van der Waals surface area contributed by atoms with E-state index >= 15 is 0 Å². The minimum atomic E-state index is -0.615. The molecule has 2 rings (SSSR count). The third-order valence-corrected chi connectivity index (χ3v) is 3.43. The molecular weight excluding hydrogens is 340 g/mol. The number of nitrogens with one attached hydrogen (secondary N) is 2. The molecular formula is C14H13ClN4O3S. The Kier molecular flexibility index (Phi) is 6.19. The van der Waals surface area contributed by atoms with Gasteiger partial charge in [0.1, 0.15) is 10.9 Å². The zero-order valence-electron chi connectivity index (χ0n) is 12.1. The van der Waals surface area contributed by atoms with Gasteiger partial charge in [0.2, 0.25) is 0 Å². The number of para-hydroxylation sites is 1. The second kappa shape index (κ2) is 8.35. The number of thioether (sulfide) groups is 1. The summed E-state index contributed by atoms with van der Waals surface area (Å²) in [6.07, 6.45) is 3.08. The summed E-state index contributed by atoms with van der Waals surface area (Å²) in [5.74, 6) is -0.575. The van der Waals surface area contributed by atoms with Crippen LogP contribution in [-0.4, -0.2) is 34.6 Å². The van der Waals surface area contributed by atoms with Gasteiger partial charge in [0, 0.05) is 6.20 Å². The quantitative estimate of drug-likeness (QED) is 0.368. The second-order valence-corrected chi connectivity index (χ2v) is 5.30. The Morgan fingerprint density at radius 1 is 1.26 bits per heavy atom. The van der Waals surface area contributed by atoms with Crippen LogP contribution in [-0.2, 0) is 4.79 Å². The number of ether oxygens (including phenoxy) is 1. The summed E-state index contributed by atoms with van der Waals surface area (Å²) in [6, 6.07) is 8.85. The SMILES string of the molecule is CSc1ncc(C(=O)NNC(=O)COc2ccccc2)c(Cl)n1. The van der Waals surface area contributed by atoms with Crippen molar-refractivity contribution in [2.75, 3.05) is 12.9 Å². The zero-order valence-corrected chi connectivity index (χ0v) is 13.6. The number of halogens is 1. The van der Waals surface area contributed by atoms with Crippen LogP contribution in [0.5, 0.6) is 5.75 Å². The number of benzene rings is 1. The average molecular weight is 353 g/mol. The number of hydrazine groups is 1. The molecule has 2 aromatic rings. The fraction of sp³-hybridized carbons (Fsp3) is 0.143. The van der Waals surface area contributed by atoms with Crippen molar-refractivity contribution < 1.29 is 14.3 Å². The molecule has 1 aromatic carbocycles. The number of carbonyl (C=O) groups excluding carboxylic acids is 2. The Balaban J connectivity index is 1.83. The lowest BCUT2D eigenvalue weighted by molar-refractivity contribution is -0.123. The summed E-state index contributed by atoms with van der Waals surface area (Å²) >= 11 is 7.20. The number of carbonyl (C=O) groups is 2. The van der Waals surface area contributed by atoms with Gasteiger partial charge in [0.15, 0.2) is 11.8 Å². The lowest BCUT2D eigenvalue weighted by Crippen LogP contribution is -2.44. The largest absolute Gasteiger partial charge is 0.484 e. The predicted molar refractivity (Wildman–Crippen MR) is 86.4 cm³/mol. The van der Waals surface area contributed by atoms with E-state index in [2.05, 4.69) is 20.8 Å². The van der Waals surface area contributed by atoms with Crippen molar-refractivity contribution in [1.82, 2.24) is 20.8 Å². The minimum absolute atomic E-state index is 0.0108. The Hall–Kier alpha value is -2.32. The van der Waals surface area contributed by atoms with E-state index in [9.17, 15) is 9.59 Å². The fourth-order valence-corrected chi connectivity index (χ4v) is 2.10. The number of rotatable bonds is 5. The first-order valence-electron chi connectivity index (χ1n) is 6.43.